The van der Waals surface area contributed by atoms with E-state index in [1.807, 2.05) is 30.6 Å². The number of alkyl halides is 2. The Hall–Kier alpha value is -2.70. The standard InChI is InChI=1S/C22H31F2N7O3/c1-4-32-11-15-12-34-10-14(3)31(15)22-28-20(17-8-26-18(25)7-16(17)19(23)24)27-21(29-22)30-5-6-33-9-13(30)2/h7-8,13-15,19H,4-6,9-12H2,1-3H3,(H2,25,26)/t13-,14?,15?/m1/s1. The summed E-state index contributed by atoms with van der Waals surface area (Å²) in [5, 5.41) is 0. The number of pyridine rings is 1. The van der Waals surface area contributed by atoms with Crippen LogP contribution in [-0.4, -0.2) is 84.2 Å². The minimum atomic E-state index is -2.76. The third kappa shape index (κ3) is 5.18. The van der Waals surface area contributed by atoms with E-state index in [9.17, 15) is 8.78 Å². The molecular formula is C22H31F2N7O3. The number of hydrogen-bond acceptors (Lipinski definition) is 10. The molecular weight excluding hydrogens is 448 g/mol. The zero-order valence-corrected chi connectivity index (χ0v) is 19.7. The fourth-order valence-corrected chi connectivity index (χ4v) is 4.24. The van der Waals surface area contributed by atoms with Crippen LogP contribution in [0.2, 0.25) is 0 Å². The predicted molar refractivity (Wildman–Crippen MR) is 123 cm³/mol. The quantitative estimate of drug-likeness (QED) is 0.635. The van der Waals surface area contributed by atoms with Crippen molar-refractivity contribution in [2.24, 2.45) is 0 Å². The van der Waals surface area contributed by atoms with Crippen LogP contribution in [0.5, 0.6) is 0 Å². The zero-order chi connectivity index (χ0) is 24.2. The molecule has 2 unspecified atom stereocenters. The van der Waals surface area contributed by atoms with Gasteiger partial charge in [-0.1, -0.05) is 0 Å². The molecule has 3 atom stereocenters. The summed E-state index contributed by atoms with van der Waals surface area (Å²) in [4.78, 5) is 22.1. The van der Waals surface area contributed by atoms with Crippen molar-refractivity contribution in [1.29, 1.82) is 0 Å². The topological polar surface area (TPSA) is 112 Å². The maximum atomic E-state index is 13.9. The number of nitrogens with two attached hydrogens (primary N) is 1. The molecule has 2 fully saturated rings. The van der Waals surface area contributed by atoms with Crippen molar-refractivity contribution in [3.05, 3.63) is 17.8 Å². The Morgan fingerprint density at radius 1 is 1.12 bits per heavy atom. The van der Waals surface area contributed by atoms with Crippen LogP contribution in [0.25, 0.3) is 11.4 Å². The summed E-state index contributed by atoms with van der Waals surface area (Å²) < 4.78 is 44.8. The molecule has 2 aromatic rings. The third-order valence-corrected chi connectivity index (χ3v) is 5.95. The molecule has 2 saturated heterocycles. The molecule has 0 aromatic carbocycles. The van der Waals surface area contributed by atoms with Gasteiger partial charge in [0, 0.05) is 30.5 Å². The fourth-order valence-electron chi connectivity index (χ4n) is 4.24. The molecule has 2 N–H and O–H groups in total. The molecule has 0 amide bonds. The number of ether oxygens (including phenoxy) is 3. The summed E-state index contributed by atoms with van der Waals surface area (Å²) in [7, 11) is 0. The van der Waals surface area contributed by atoms with Gasteiger partial charge in [0.25, 0.3) is 6.43 Å². The lowest BCUT2D eigenvalue weighted by molar-refractivity contribution is 0.0316. The van der Waals surface area contributed by atoms with Crippen LogP contribution in [0, 0.1) is 0 Å². The van der Waals surface area contributed by atoms with Gasteiger partial charge in [-0.05, 0) is 26.8 Å². The molecule has 186 valence electrons. The van der Waals surface area contributed by atoms with E-state index in [1.165, 1.54) is 6.20 Å². The Bertz CT molecular complexity index is 984. The Labute approximate surface area is 197 Å². The minimum absolute atomic E-state index is 0.00827. The van der Waals surface area contributed by atoms with E-state index in [0.29, 0.717) is 58.1 Å². The van der Waals surface area contributed by atoms with Crippen molar-refractivity contribution < 1.29 is 23.0 Å². The maximum absolute atomic E-state index is 13.9. The van der Waals surface area contributed by atoms with Crippen LogP contribution in [0.15, 0.2) is 12.3 Å². The SMILES string of the molecule is CCOCC1COCC(C)N1c1nc(-c2cnc(N)cc2C(F)F)nc(N2CCOC[C@H]2C)n1. The average molecular weight is 480 g/mol. The first-order valence-electron chi connectivity index (χ1n) is 11.5. The summed E-state index contributed by atoms with van der Waals surface area (Å²) in [5.74, 6) is 0.919. The first kappa shape index (κ1) is 24.4. The van der Waals surface area contributed by atoms with Crippen LogP contribution in [0.4, 0.5) is 26.5 Å². The smallest absolute Gasteiger partial charge is 0.264 e. The first-order valence-corrected chi connectivity index (χ1v) is 11.5. The molecule has 12 heteroatoms. The van der Waals surface area contributed by atoms with Crippen LogP contribution in [-0.2, 0) is 14.2 Å². The van der Waals surface area contributed by atoms with Crippen molar-refractivity contribution >= 4 is 17.7 Å². The zero-order valence-electron chi connectivity index (χ0n) is 19.7. The molecule has 0 saturated carbocycles. The van der Waals surface area contributed by atoms with Gasteiger partial charge in [0.1, 0.15) is 5.82 Å². The molecule has 2 aromatic heterocycles. The lowest BCUT2D eigenvalue weighted by Gasteiger charge is -2.41. The molecule has 10 nitrogen and oxygen atoms in total. The van der Waals surface area contributed by atoms with E-state index < -0.39 is 6.43 Å². The van der Waals surface area contributed by atoms with Gasteiger partial charge in [0.15, 0.2) is 5.82 Å². The molecule has 34 heavy (non-hydrogen) atoms. The highest BCUT2D eigenvalue weighted by Gasteiger charge is 2.33. The second kappa shape index (κ2) is 10.7. The van der Waals surface area contributed by atoms with Crippen LogP contribution in [0.3, 0.4) is 0 Å². The van der Waals surface area contributed by atoms with E-state index in [-0.39, 0.29) is 40.9 Å². The van der Waals surface area contributed by atoms with Gasteiger partial charge in [0.05, 0.1) is 51.2 Å². The summed E-state index contributed by atoms with van der Waals surface area (Å²) in [6.45, 7) is 9.47. The normalized spacial score (nSPS) is 23.5. The van der Waals surface area contributed by atoms with Crippen molar-refractivity contribution in [2.45, 2.75) is 45.3 Å². The lowest BCUT2D eigenvalue weighted by Crippen LogP contribution is -2.54. The van der Waals surface area contributed by atoms with Gasteiger partial charge in [-0.25, -0.2) is 13.8 Å². The minimum Gasteiger partial charge on any atom is -0.384 e. The number of morpholine rings is 2. The highest BCUT2D eigenvalue weighted by molar-refractivity contribution is 5.64. The largest absolute Gasteiger partial charge is 0.384 e. The molecule has 2 aliphatic rings. The summed E-state index contributed by atoms with van der Waals surface area (Å²) >= 11 is 0. The van der Waals surface area contributed by atoms with Gasteiger partial charge >= 0.3 is 0 Å². The van der Waals surface area contributed by atoms with Crippen LogP contribution in [0.1, 0.15) is 32.8 Å². The van der Waals surface area contributed by atoms with E-state index in [2.05, 4.69) is 15.0 Å². The number of nitrogen functional groups attached to an aromatic ring is 1. The third-order valence-electron chi connectivity index (χ3n) is 5.95. The molecule has 2 aliphatic heterocycles. The monoisotopic (exact) mass is 479 g/mol. The van der Waals surface area contributed by atoms with Crippen LogP contribution >= 0.6 is 0 Å². The Balaban J connectivity index is 1.84. The molecule has 4 rings (SSSR count). The summed E-state index contributed by atoms with van der Waals surface area (Å²) in [5.41, 5.74) is 5.53. The van der Waals surface area contributed by atoms with Crippen LogP contribution < -0.4 is 15.5 Å². The molecule has 4 heterocycles. The summed E-state index contributed by atoms with van der Waals surface area (Å²) in [6, 6.07) is 0.990. The molecule has 0 bridgehead atoms. The van der Waals surface area contributed by atoms with Gasteiger partial charge in [0.2, 0.25) is 11.9 Å². The number of hydrogen-bond donors (Lipinski definition) is 1. The number of rotatable bonds is 7. The Morgan fingerprint density at radius 2 is 1.88 bits per heavy atom. The van der Waals surface area contributed by atoms with Gasteiger partial charge in [-0.2, -0.15) is 15.0 Å². The van der Waals surface area contributed by atoms with E-state index in [0.717, 1.165) is 6.07 Å². The first-order chi connectivity index (χ1) is 16.4. The van der Waals surface area contributed by atoms with Gasteiger partial charge in [-0.3, -0.25) is 0 Å². The summed E-state index contributed by atoms with van der Waals surface area (Å²) in [6.07, 6.45) is -1.47. The van der Waals surface area contributed by atoms with Gasteiger partial charge in [-0.15, -0.1) is 0 Å². The average Bonchev–Trinajstić information content (AvgIpc) is 2.82. The van der Waals surface area contributed by atoms with E-state index in [4.69, 9.17) is 24.9 Å². The fraction of sp³-hybridized carbons (Fsp3) is 0.636. The Morgan fingerprint density at radius 3 is 2.62 bits per heavy atom. The predicted octanol–water partition coefficient (Wildman–Crippen LogP) is 2.31. The molecule has 0 spiro atoms. The number of nitrogens with zero attached hydrogens (tertiary/aromatic N) is 6. The number of aromatic nitrogens is 4. The van der Waals surface area contributed by atoms with Crippen molar-refractivity contribution in [1.82, 2.24) is 19.9 Å². The number of halogens is 2. The highest BCUT2D eigenvalue weighted by atomic mass is 19.3. The molecule has 0 aliphatic carbocycles. The molecule has 0 radical (unpaired) electrons. The Kier molecular flexibility index (Phi) is 7.69. The highest BCUT2D eigenvalue weighted by Crippen LogP contribution is 2.33. The van der Waals surface area contributed by atoms with Crippen molar-refractivity contribution in [3.8, 4) is 11.4 Å². The maximum Gasteiger partial charge on any atom is 0.264 e. The lowest BCUT2D eigenvalue weighted by atomic mass is 10.1. The van der Waals surface area contributed by atoms with Crippen molar-refractivity contribution in [3.63, 3.8) is 0 Å². The van der Waals surface area contributed by atoms with Crippen molar-refractivity contribution in [2.75, 3.05) is 61.7 Å². The van der Waals surface area contributed by atoms with E-state index in [1.54, 1.807) is 0 Å². The second-order valence-electron chi connectivity index (χ2n) is 8.48. The number of anilines is 3. The van der Waals surface area contributed by atoms with Gasteiger partial charge < -0.3 is 29.7 Å². The van der Waals surface area contributed by atoms with E-state index >= 15 is 0 Å². The second-order valence-corrected chi connectivity index (χ2v) is 8.48.